The van der Waals surface area contributed by atoms with Gasteiger partial charge in [0.1, 0.15) is 40.9 Å². The smallest absolute Gasteiger partial charge is 0.487 e. The Labute approximate surface area is 254 Å². The van der Waals surface area contributed by atoms with E-state index in [4.69, 9.17) is 29.8 Å². The first-order chi connectivity index (χ1) is 20.6. The number of hydrogen-bond donors (Lipinski definition) is 0. The third kappa shape index (κ3) is 7.19. The quantitative estimate of drug-likeness (QED) is 0.0433. The van der Waals surface area contributed by atoms with E-state index in [2.05, 4.69) is 4.99 Å². The van der Waals surface area contributed by atoms with E-state index in [0.717, 1.165) is 4.90 Å². The van der Waals surface area contributed by atoms with Gasteiger partial charge in [0.2, 0.25) is 0 Å². The zero-order valence-electron chi connectivity index (χ0n) is 22.4. The van der Waals surface area contributed by atoms with Gasteiger partial charge in [0.25, 0.3) is 11.6 Å². The highest BCUT2D eigenvalue weighted by Crippen LogP contribution is 2.56. The number of nitro groups is 1. The molecule has 222 valence electrons. The average Bonchev–Trinajstić information content (AvgIpc) is 3.37. The lowest BCUT2D eigenvalue weighted by Gasteiger charge is -2.41. The van der Waals surface area contributed by atoms with E-state index in [0.29, 0.717) is 16.4 Å². The molecule has 1 amide bonds. The molecule has 15 heteroatoms. The number of allylic oxidation sites excluding steroid dienone is 1. The highest BCUT2D eigenvalue weighted by Gasteiger charge is 2.56. The summed E-state index contributed by atoms with van der Waals surface area (Å²) in [5.74, 6) is -0.966. The summed E-state index contributed by atoms with van der Waals surface area (Å²) in [6.07, 6.45) is 0. The molecule has 2 aliphatic heterocycles. The summed E-state index contributed by atoms with van der Waals surface area (Å²) < 4.78 is 35.0. The van der Waals surface area contributed by atoms with Crippen LogP contribution in [0.1, 0.15) is 12.5 Å². The van der Waals surface area contributed by atoms with Crippen molar-refractivity contribution in [1.82, 2.24) is 4.90 Å². The number of β-lactam (4-membered cyclic amide) rings is 1. The number of amides is 1. The van der Waals surface area contributed by atoms with Crippen molar-refractivity contribution in [3.63, 3.8) is 0 Å². The molecule has 3 aromatic rings. The summed E-state index contributed by atoms with van der Waals surface area (Å²) >= 11 is 7.32. The molecule has 1 fully saturated rings. The molecule has 3 aromatic carbocycles. The normalized spacial score (nSPS) is 19.2. The molecular formula is C28H23ClN3O9PS. The van der Waals surface area contributed by atoms with Crippen molar-refractivity contribution in [3.8, 4) is 11.5 Å². The SMILES string of the molecule is CC(OP(=O)(Cl)Oc1ccccc1)=C(C(=O)OCc1ccc([N+](=O)[O-])cc1)N1C(=O)C2N=C(COc3ccccc3)SC21. The highest BCUT2D eigenvalue weighted by atomic mass is 35.7. The predicted octanol–water partition coefficient (Wildman–Crippen LogP) is 6.07. The number of benzene rings is 3. The second-order valence-electron chi connectivity index (χ2n) is 9.12. The Morgan fingerprint density at radius 1 is 1.02 bits per heavy atom. The Bertz CT molecular complexity index is 1640. The molecule has 1 saturated heterocycles. The Hall–Kier alpha value is -4.32. The van der Waals surface area contributed by atoms with Gasteiger partial charge in [0, 0.05) is 23.4 Å². The Kier molecular flexibility index (Phi) is 9.05. The summed E-state index contributed by atoms with van der Waals surface area (Å²) in [6, 6.07) is 21.8. The number of carbonyl (C=O) groups is 2. The molecule has 3 atom stereocenters. The zero-order valence-corrected chi connectivity index (χ0v) is 24.9. The van der Waals surface area contributed by atoms with Gasteiger partial charge in [-0.25, -0.2) is 9.36 Å². The summed E-state index contributed by atoms with van der Waals surface area (Å²) in [7, 11) is 0. The number of halogens is 1. The molecule has 3 unspecified atom stereocenters. The standard InChI is InChI=1S/C28H23ClN3O9PS/c1-18(40-42(29,37)41-22-10-6-3-7-11-22)25(28(34)39-16-19-12-14-20(15-13-19)32(35)36)31-26(33)24-27(31)43-23(30-24)17-38-21-8-4-2-5-9-21/h2-15,24,27H,16-17H2,1H3. The van der Waals surface area contributed by atoms with Gasteiger partial charge in [-0.05, 0) is 48.9 Å². The van der Waals surface area contributed by atoms with E-state index in [9.17, 15) is 24.3 Å². The summed E-state index contributed by atoms with van der Waals surface area (Å²) in [5, 5.41) is 10.9. The third-order valence-electron chi connectivity index (χ3n) is 6.15. The van der Waals surface area contributed by atoms with Crippen LogP contribution in [0.2, 0.25) is 0 Å². The molecule has 2 heterocycles. The number of fused-ring (bicyclic) bond motifs is 1. The first-order valence-corrected chi connectivity index (χ1v) is 16.0. The lowest BCUT2D eigenvalue weighted by Crippen LogP contribution is -2.61. The van der Waals surface area contributed by atoms with Crippen molar-refractivity contribution in [2.45, 2.75) is 24.9 Å². The van der Waals surface area contributed by atoms with Crippen molar-refractivity contribution in [2.24, 2.45) is 4.99 Å². The summed E-state index contributed by atoms with van der Waals surface area (Å²) in [5.41, 5.74) is -0.00336. The molecule has 0 saturated carbocycles. The van der Waals surface area contributed by atoms with Crippen LogP contribution in [0.15, 0.2) is 101 Å². The minimum Gasteiger partial charge on any atom is -0.487 e. The maximum Gasteiger partial charge on any atom is 0.530 e. The maximum atomic E-state index is 13.4. The Balaban J connectivity index is 1.34. The van der Waals surface area contributed by atoms with Gasteiger partial charge in [-0.15, -0.1) is 0 Å². The van der Waals surface area contributed by atoms with Gasteiger partial charge in [-0.1, -0.05) is 48.2 Å². The highest BCUT2D eigenvalue weighted by molar-refractivity contribution is 8.15. The van der Waals surface area contributed by atoms with Crippen LogP contribution in [-0.4, -0.2) is 44.8 Å². The molecule has 2 aliphatic rings. The predicted molar refractivity (Wildman–Crippen MR) is 159 cm³/mol. The fourth-order valence-corrected chi connectivity index (χ4v) is 6.73. The lowest BCUT2D eigenvalue weighted by atomic mass is 10.1. The average molecular weight is 644 g/mol. The second-order valence-corrected chi connectivity index (χ2v) is 12.8. The lowest BCUT2D eigenvalue weighted by molar-refractivity contribution is -0.384. The number of aliphatic imine (C=N–C) groups is 1. The number of ether oxygens (including phenoxy) is 2. The first-order valence-electron chi connectivity index (χ1n) is 12.7. The van der Waals surface area contributed by atoms with E-state index >= 15 is 0 Å². The van der Waals surface area contributed by atoms with E-state index in [1.54, 1.807) is 30.3 Å². The number of nitrogens with zero attached hydrogens (tertiary/aromatic N) is 3. The number of para-hydroxylation sites is 2. The molecule has 0 N–H and O–H groups in total. The molecule has 0 radical (unpaired) electrons. The van der Waals surface area contributed by atoms with E-state index < -0.39 is 35.2 Å². The van der Waals surface area contributed by atoms with Crippen LogP contribution >= 0.6 is 30.0 Å². The molecule has 5 rings (SSSR count). The topological polar surface area (TPSA) is 147 Å². The number of thioether (sulfide) groups is 1. The van der Waals surface area contributed by atoms with Crippen LogP contribution in [0.5, 0.6) is 11.5 Å². The van der Waals surface area contributed by atoms with Crippen LogP contribution in [0.3, 0.4) is 0 Å². The van der Waals surface area contributed by atoms with Gasteiger partial charge in [-0.3, -0.25) is 24.8 Å². The number of hydrogen-bond acceptors (Lipinski definition) is 11. The van der Waals surface area contributed by atoms with E-state index in [1.807, 2.05) is 18.2 Å². The molecule has 0 aromatic heterocycles. The fraction of sp³-hybridized carbons (Fsp3) is 0.179. The summed E-state index contributed by atoms with van der Waals surface area (Å²) in [4.78, 5) is 42.6. The van der Waals surface area contributed by atoms with Crippen LogP contribution in [0.4, 0.5) is 5.69 Å². The van der Waals surface area contributed by atoms with Gasteiger partial charge < -0.3 is 18.5 Å². The van der Waals surface area contributed by atoms with Crippen molar-refractivity contribution in [1.29, 1.82) is 0 Å². The Morgan fingerprint density at radius 3 is 2.28 bits per heavy atom. The van der Waals surface area contributed by atoms with Gasteiger partial charge in [-0.2, -0.15) is 0 Å². The largest absolute Gasteiger partial charge is 0.530 e. The van der Waals surface area contributed by atoms with E-state index in [1.165, 1.54) is 55.1 Å². The summed E-state index contributed by atoms with van der Waals surface area (Å²) in [6.45, 7) is -3.19. The molecule has 43 heavy (non-hydrogen) atoms. The second kappa shape index (κ2) is 12.9. The Morgan fingerprint density at radius 2 is 1.65 bits per heavy atom. The van der Waals surface area contributed by atoms with Gasteiger partial charge in [0.05, 0.1) is 4.92 Å². The minimum absolute atomic E-state index is 0.115. The van der Waals surface area contributed by atoms with Crippen molar-refractivity contribution < 1.29 is 37.6 Å². The fourth-order valence-electron chi connectivity index (χ4n) is 4.16. The number of esters is 1. The molecule has 0 aliphatic carbocycles. The number of carbonyl (C=O) groups excluding carboxylic acids is 2. The van der Waals surface area contributed by atoms with Crippen molar-refractivity contribution in [3.05, 3.63) is 112 Å². The third-order valence-corrected chi connectivity index (χ3v) is 8.69. The maximum absolute atomic E-state index is 13.4. The number of rotatable bonds is 12. The van der Waals surface area contributed by atoms with Crippen LogP contribution in [0.25, 0.3) is 0 Å². The minimum atomic E-state index is -4.34. The van der Waals surface area contributed by atoms with Crippen LogP contribution < -0.4 is 9.26 Å². The molecule has 0 bridgehead atoms. The van der Waals surface area contributed by atoms with Crippen molar-refractivity contribution in [2.75, 3.05) is 6.61 Å². The van der Waals surface area contributed by atoms with Crippen LogP contribution in [-0.2, 0) is 30.0 Å². The first kappa shape index (κ1) is 30.1. The molecule has 12 nitrogen and oxygen atoms in total. The van der Waals surface area contributed by atoms with E-state index in [-0.39, 0.29) is 36.1 Å². The van der Waals surface area contributed by atoms with Gasteiger partial charge in [0.15, 0.2) is 11.7 Å². The monoisotopic (exact) mass is 643 g/mol. The molecule has 0 spiro atoms. The van der Waals surface area contributed by atoms with Crippen molar-refractivity contribution >= 4 is 52.6 Å². The number of nitro benzene ring substituents is 1. The number of non-ortho nitro benzene ring substituents is 1. The molecular weight excluding hydrogens is 621 g/mol. The van der Waals surface area contributed by atoms with Crippen LogP contribution in [0, 0.1) is 10.1 Å². The zero-order chi connectivity index (χ0) is 30.6. The number of likely N-dealkylation sites (tertiary alicyclic amines) is 1. The van der Waals surface area contributed by atoms with Gasteiger partial charge >= 0.3 is 12.9 Å².